The van der Waals surface area contributed by atoms with Crippen molar-refractivity contribution in [1.29, 1.82) is 0 Å². The fourth-order valence-electron chi connectivity index (χ4n) is 2.28. The average molecular weight is 293 g/mol. The molecule has 1 fully saturated rings. The van der Waals surface area contributed by atoms with Crippen LogP contribution in [0.3, 0.4) is 0 Å². The van der Waals surface area contributed by atoms with Crippen LogP contribution in [0.15, 0.2) is 29.2 Å². The minimum atomic E-state index is 0.0877. The Morgan fingerprint density at radius 1 is 1.40 bits per heavy atom. The number of thioether (sulfide) groups is 1. The molecule has 3 nitrogen and oxygen atoms in total. The van der Waals surface area contributed by atoms with Crippen LogP contribution in [-0.2, 0) is 9.53 Å². The molecule has 110 valence electrons. The van der Waals surface area contributed by atoms with Gasteiger partial charge in [0.2, 0.25) is 5.91 Å². The topological polar surface area (TPSA) is 29.5 Å². The summed E-state index contributed by atoms with van der Waals surface area (Å²) in [6.07, 6.45) is 1.90. The molecule has 1 heterocycles. The first-order valence-corrected chi connectivity index (χ1v) is 8.17. The molecule has 20 heavy (non-hydrogen) atoms. The van der Waals surface area contributed by atoms with E-state index in [1.165, 1.54) is 10.5 Å². The van der Waals surface area contributed by atoms with Crippen LogP contribution in [0.5, 0.6) is 0 Å². The molecule has 1 aromatic rings. The standard InChI is InChI=1S/C16H23NO2S/c1-13-4-6-15(7-5-13)20-11-3-9-17(2)16(18)14-8-10-19-12-14/h4-7,14H,3,8-12H2,1-2H3/t14-/m1/s1. The van der Waals surface area contributed by atoms with E-state index in [1.807, 2.05) is 23.7 Å². The fraction of sp³-hybridized carbons (Fsp3) is 0.562. The number of carbonyl (C=O) groups is 1. The molecule has 0 aliphatic carbocycles. The van der Waals surface area contributed by atoms with E-state index in [2.05, 4.69) is 31.2 Å². The van der Waals surface area contributed by atoms with E-state index in [1.54, 1.807) is 0 Å². The highest BCUT2D eigenvalue weighted by molar-refractivity contribution is 7.99. The number of benzene rings is 1. The zero-order valence-electron chi connectivity index (χ0n) is 12.3. The molecule has 0 radical (unpaired) electrons. The van der Waals surface area contributed by atoms with Gasteiger partial charge in [0.05, 0.1) is 12.5 Å². The average Bonchev–Trinajstić information content (AvgIpc) is 2.98. The predicted molar refractivity (Wildman–Crippen MR) is 83.1 cm³/mol. The minimum absolute atomic E-state index is 0.0877. The molecule has 0 N–H and O–H groups in total. The smallest absolute Gasteiger partial charge is 0.227 e. The third-order valence-corrected chi connectivity index (χ3v) is 4.68. The van der Waals surface area contributed by atoms with Crippen molar-refractivity contribution in [3.63, 3.8) is 0 Å². The van der Waals surface area contributed by atoms with E-state index in [0.717, 1.165) is 31.7 Å². The van der Waals surface area contributed by atoms with Crippen molar-refractivity contribution >= 4 is 17.7 Å². The molecule has 1 atom stereocenters. The third kappa shape index (κ3) is 4.53. The van der Waals surface area contributed by atoms with E-state index >= 15 is 0 Å². The second kappa shape index (κ2) is 7.70. The molecule has 1 aliphatic heterocycles. The van der Waals surface area contributed by atoms with Gasteiger partial charge in [-0.3, -0.25) is 4.79 Å². The maximum absolute atomic E-state index is 12.1. The van der Waals surface area contributed by atoms with Gasteiger partial charge in [-0.05, 0) is 37.7 Å². The monoisotopic (exact) mass is 293 g/mol. The zero-order valence-corrected chi connectivity index (χ0v) is 13.1. The molecule has 1 aliphatic rings. The predicted octanol–water partition coefficient (Wildman–Crippen LogP) is 2.97. The van der Waals surface area contributed by atoms with Crippen molar-refractivity contribution in [3.8, 4) is 0 Å². The first-order chi connectivity index (χ1) is 9.66. The van der Waals surface area contributed by atoms with Crippen LogP contribution in [-0.4, -0.2) is 43.4 Å². The molecular weight excluding hydrogens is 270 g/mol. The lowest BCUT2D eigenvalue weighted by Gasteiger charge is -2.20. The van der Waals surface area contributed by atoms with Gasteiger partial charge in [-0.1, -0.05) is 17.7 Å². The van der Waals surface area contributed by atoms with Crippen LogP contribution < -0.4 is 0 Å². The van der Waals surface area contributed by atoms with Crippen LogP contribution in [0.1, 0.15) is 18.4 Å². The van der Waals surface area contributed by atoms with Gasteiger partial charge < -0.3 is 9.64 Å². The zero-order chi connectivity index (χ0) is 14.4. The van der Waals surface area contributed by atoms with Gasteiger partial charge in [0.25, 0.3) is 0 Å². The summed E-state index contributed by atoms with van der Waals surface area (Å²) in [5.74, 6) is 1.37. The van der Waals surface area contributed by atoms with Crippen molar-refractivity contribution in [2.45, 2.75) is 24.7 Å². The van der Waals surface area contributed by atoms with Crippen LogP contribution >= 0.6 is 11.8 Å². The van der Waals surface area contributed by atoms with Crippen molar-refractivity contribution in [2.75, 3.05) is 32.6 Å². The summed E-state index contributed by atoms with van der Waals surface area (Å²) in [5, 5.41) is 0. The molecule has 0 saturated carbocycles. The van der Waals surface area contributed by atoms with Gasteiger partial charge in [0.15, 0.2) is 0 Å². The maximum Gasteiger partial charge on any atom is 0.227 e. The second-order valence-electron chi connectivity index (χ2n) is 5.34. The van der Waals surface area contributed by atoms with Gasteiger partial charge in [-0.15, -0.1) is 11.8 Å². The maximum atomic E-state index is 12.1. The summed E-state index contributed by atoms with van der Waals surface area (Å²) in [7, 11) is 1.90. The molecule has 0 bridgehead atoms. The Balaban J connectivity index is 1.65. The minimum Gasteiger partial charge on any atom is -0.381 e. The lowest BCUT2D eigenvalue weighted by molar-refractivity contribution is -0.134. The lowest BCUT2D eigenvalue weighted by atomic mass is 10.1. The first kappa shape index (κ1) is 15.4. The summed E-state index contributed by atoms with van der Waals surface area (Å²) < 4.78 is 5.27. The Labute approximate surface area is 125 Å². The van der Waals surface area contributed by atoms with E-state index < -0.39 is 0 Å². The summed E-state index contributed by atoms with van der Waals surface area (Å²) in [6.45, 7) is 4.25. The van der Waals surface area contributed by atoms with Crippen molar-refractivity contribution in [1.82, 2.24) is 4.90 Å². The Morgan fingerprint density at radius 2 is 2.15 bits per heavy atom. The number of rotatable bonds is 6. The molecule has 1 saturated heterocycles. The van der Waals surface area contributed by atoms with E-state index in [-0.39, 0.29) is 11.8 Å². The SMILES string of the molecule is Cc1ccc(SCCCN(C)C(=O)[C@@H]2CCOC2)cc1. The summed E-state index contributed by atoms with van der Waals surface area (Å²) in [4.78, 5) is 15.2. The highest BCUT2D eigenvalue weighted by atomic mass is 32.2. The largest absolute Gasteiger partial charge is 0.381 e. The number of amides is 1. The Morgan fingerprint density at radius 3 is 2.80 bits per heavy atom. The number of aryl methyl sites for hydroxylation is 1. The highest BCUT2D eigenvalue weighted by Gasteiger charge is 2.25. The molecule has 0 unspecified atom stereocenters. The van der Waals surface area contributed by atoms with Crippen molar-refractivity contribution in [2.24, 2.45) is 5.92 Å². The van der Waals surface area contributed by atoms with Crippen LogP contribution in [0, 0.1) is 12.8 Å². The normalized spacial score (nSPS) is 18.2. The Hall–Kier alpha value is -1.00. The van der Waals surface area contributed by atoms with Crippen LogP contribution in [0.25, 0.3) is 0 Å². The summed E-state index contributed by atoms with van der Waals surface area (Å²) >= 11 is 1.85. The first-order valence-electron chi connectivity index (χ1n) is 7.19. The molecule has 1 aromatic carbocycles. The van der Waals surface area contributed by atoms with Gasteiger partial charge in [-0.25, -0.2) is 0 Å². The lowest BCUT2D eigenvalue weighted by Crippen LogP contribution is -2.34. The molecule has 0 aromatic heterocycles. The van der Waals surface area contributed by atoms with Gasteiger partial charge >= 0.3 is 0 Å². The summed E-state index contributed by atoms with van der Waals surface area (Å²) in [5.41, 5.74) is 1.29. The Kier molecular flexibility index (Phi) is 5.92. The third-order valence-electron chi connectivity index (χ3n) is 3.58. The number of nitrogens with zero attached hydrogens (tertiary/aromatic N) is 1. The molecule has 2 rings (SSSR count). The quantitative estimate of drug-likeness (QED) is 0.596. The van der Waals surface area contributed by atoms with Crippen molar-refractivity contribution < 1.29 is 9.53 Å². The number of carbonyl (C=O) groups excluding carboxylic acids is 1. The van der Waals surface area contributed by atoms with Gasteiger partial charge in [0.1, 0.15) is 0 Å². The molecule has 0 spiro atoms. The molecule has 4 heteroatoms. The second-order valence-corrected chi connectivity index (χ2v) is 6.50. The molecule has 1 amide bonds. The van der Waals surface area contributed by atoms with E-state index in [4.69, 9.17) is 4.74 Å². The van der Waals surface area contributed by atoms with Crippen LogP contribution in [0.2, 0.25) is 0 Å². The van der Waals surface area contributed by atoms with Gasteiger partial charge in [0, 0.05) is 25.1 Å². The van der Waals surface area contributed by atoms with Gasteiger partial charge in [-0.2, -0.15) is 0 Å². The summed E-state index contributed by atoms with van der Waals surface area (Å²) in [6, 6.07) is 8.59. The Bertz CT molecular complexity index is 427. The van der Waals surface area contributed by atoms with E-state index in [0.29, 0.717) is 6.61 Å². The van der Waals surface area contributed by atoms with E-state index in [9.17, 15) is 4.79 Å². The number of hydrogen-bond donors (Lipinski definition) is 0. The number of ether oxygens (including phenoxy) is 1. The van der Waals surface area contributed by atoms with Crippen molar-refractivity contribution in [3.05, 3.63) is 29.8 Å². The fourth-order valence-corrected chi connectivity index (χ4v) is 3.12. The highest BCUT2D eigenvalue weighted by Crippen LogP contribution is 2.19. The number of hydrogen-bond acceptors (Lipinski definition) is 3. The van der Waals surface area contributed by atoms with Crippen LogP contribution in [0.4, 0.5) is 0 Å². The molecular formula is C16H23NO2S.